The largest absolute Gasteiger partial charge is 0.497 e. The maximum atomic E-state index is 13.5. The molecule has 1 amide bonds. The topological polar surface area (TPSA) is 67.9 Å². The first-order chi connectivity index (χ1) is 13.6. The van der Waals surface area contributed by atoms with Gasteiger partial charge in [0.2, 0.25) is 5.13 Å². The van der Waals surface area contributed by atoms with Crippen molar-refractivity contribution in [1.82, 2.24) is 4.98 Å². The summed E-state index contributed by atoms with van der Waals surface area (Å²) in [6, 6.07) is 14.4. The van der Waals surface area contributed by atoms with E-state index in [1.807, 2.05) is 0 Å². The lowest BCUT2D eigenvalue weighted by atomic mass is 10.2. The maximum Gasteiger partial charge on any atom is 0.280 e. The van der Waals surface area contributed by atoms with E-state index in [9.17, 15) is 9.18 Å². The van der Waals surface area contributed by atoms with E-state index in [0.717, 1.165) is 0 Å². The smallest absolute Gasteiger partial charge is 0.280 e. The standard InChI is InChI=1S/C20H14FN3O3S/c1-26-15-7-4-13(5-8-15)19(25)24(22-12-16-3-2-10-27-16)20-23-17-9-6-14(21)11-18(17)28-20/h2-12H,1H3/b22-12+. The summed E-state index contributed by atoms with van der Waals surface area (Å²) in [4.78, 5) is 17.5. The van der Waals surface area contributed by atoms with Crippen LogP contribution in [0.5, 0.6) is 5.75 Å². The number of furan rings is 1. The predicted molar refractivity (Wildman–Crippen MR) is 106 cm³/mol. The summed E-state index contributed by atoms with van der Waals surface area (Å²) >= 11 is 1.17. The normalized spacial score (nSPS) is 11.2. The Bertz CT molecular complexity index is 1140. The summed E-state index contributed by atoms with van der Waals surface area (Å²) in [5.74, 6) is 0.372. The van der Waals surface area contributed by atoms with E-state index in [4.69, 9.17) is 9.15 Å². The van der Waals surface area contributed by atoms with Gasteiger partial charge in [0, 0.05) is 5.56 Å². The second kappa shape index (κ2) is 7.61. The highest BCUT2D eigenvalue weighted by molar-refractivity contribution is 7.22. The van der Waals surface area contributed by atoms with Crippen molar-refractivity contribution >= 4 is 38.8 Å². The number of halogens is 1. The molecule has 0 radical (unpaired) electrons. The van der Waals surface area contributed by atoms with Crippen molar-refractivity contribution in [2.45, 2.75) is 0 Å². The molecule has 0 atom stereocenters. The summed E-state index contributed by atoms with van der Waals surface area (Å²) < 4.78 is 24.5. The minimum atomic E-state index is -0.384. The zero-order chi connectivity index (χ0) is 19.5. The van der Waals surface area contributed by atoms with Crippen LogP contribution in [-0.4, -0.2) is 24.2 Å². The third kappa shape index (κ3) is 3.63. The van der Waals surface area contributed by atoms with E-state index in [1.54, 1.807) is 49.6 Å². The highest BCUT2D eigenvalue weighted by Crippen LogP contribution is 2.30. The van der Waals surface area contributed by atoms with E-state index in [0.29, 0.717) is 32.4 Å². The number of aromatic nitrogens is 1. The van der Waals surface area contributed by atoms with Crippen LogP contribution >= 0.6 is 11.3 Å². The second-order valence-corrected chi connectivity index (χ2v) is 6.72. The Balaban J connectivity index is 1.74. The van der Waals surface area contributed by atoms with Crippen LogP contribution in [0.25, 0.3) is 10.2 Å². The Morgan fingerprint density at radius 1 is 1.25 bits per heavy atom. The van der Waals surface area contributed by atoms with Crippen molar-refractivity contribution in [1.29, 1.82) is 0 Å². The number of carbonyl (C=O) groups is 1. The van der Waals surface area contributed by atoms with Gasteiger partial charge in [-0.1, -0.05) is 11.3 Å². The Morgan fingerprint density at radius 3 is 2.79 bits per heavy atom. The first kappa shape index (κ1) is 17.9. The number of hydrogen-bond donors (Lipinski definition) is 0. The van der Waals surface area contributed by atoms with Gasteiger partial charge in [0.05, 0.1) is 29.8 Å². The lowest BCUT2D eigenvalue weighted by Crippen LogP contribution is -2.25. The average Bonchev–Trinajstić information content (AvgIpc) is 3.37. The van der Waals surface area contributed by atoms with Gasteiger partial charge in [0.25, 0.3) is 5.91 Å². The van der Waals surface area contributed by atoms with Gasteiger partial charge in [-0.3, -0.25) is 4.79 Å². The summed E-state index contributed by atoms with van der Waals surface area (Å²) in [7, 11) is 1.55. The molecule has 6 nitrogen and oxygen atoms in total. The van der Waals surface area contributed by atoms with Gasteiger partial charge in [-0.25, -0.2) is 9.37 Å². The number of ether oxygens (including phenoxy) is 1. The molecule has 0 aliphatic heterocycles. The van der Waals surface area contributed by atoms with Crippen LogP contribution in [-0.2, 0) is 0 Å². The molecule has 2 heterocycles. The van der Waals surface area contributed by atoms with Crippen molar-refractivity contribution in [2.75, 3.05) is 12.1 Å². The Hall–Kier alpha value is -3.52. The number of nitrogens with zero attached hydrogens (tertiary/aromatic N) is 3. The Morgan fingerprint density at radius 2 is 2.07 bits per heavy atom. The Labute approximate surface area is 163 Å². The van der Waals surface area contributed by atoms with E-state index >= 15 is 0 Å². The number of fused-ring (bicyclic) bond motifs is 1. The fraction of sp³-hybridized carbons (Fsp3) is 0.0500. The second-order valence-electron chi connectivity index (χ2n) is 5.71. The van der Waals surface area contributed by atoms with E-state index in [-0.39, 0.29) is 11.7 Å². The number of hydrogen-bond acceptors (Lipinski definition) is 6. The number of benzene rings is 2. The van der Waals surface area contributed by atoms with Crippen LogP contribution in [0.4, 0.5) is 9.52 Å². The van der Waals surface area contributed by atoms with E-state index in [2.05, 4.69) is 10.1 Å². The number of hydrazone groups is 1. The molecule has 0 unspecified atom stereocenters. The summed E-state index contributed by atoms with van der Waals surface area (Å²) in [5.41, 5.74) is 0.991. The summed E-state index contributed by atoms with van der Waals surface area (Å²) in [6.45, 7) is 0. The molecule has 2 aromatic heterocycles. The van der Waals surface area contributed by atoms with Gasteiger partial charge < -0.3 is 9.15 Å². The molecule has 0 saturated carbocycles. The molecule has 0 spiro atoms. The number of anilines is 1. The molecule has 8 heteroatoms. The van der Waals surface area contributed by atoms with Crippen molar-refractivity contribution in [3.63, 3.8) is 0 Å². The first-order valence-electron chi connectivity index (χ1n) is 8.26. The van der Waals surface area contributed by atoms with Crippen LogP contribution in [0.1, 0.15) is 16.1 Å². The van der Waals surface area contributed by atoms with Crippen LogP contribution < -0.4 is 9.75 Å². The zero-order valence-corrected chi connectivity index (χ0v) is 15.5. The van der Waals surface area contributed by atoms with E-state index < -0.39 is 0 Å². The van der Waals surface area contributed by atoms with Crippen LogP contribution in [0, 0.1) is 5.82 Å². The lowest BCUT2D eigenvalue weighted by Gasteiger charge is -2.13. The van der Waals surface area contributed by atoms with Crippen LogP contribution in [0.3, 0.4) is 0 Å². The van der Waals surface area contributed by atoms with Crippen LogP contribution in [0.15, 0.2) is 70.4 Å². The molecule has 0 N–H and O–H groups in total. The van der Waals surface area contributed by atoms with Crippen molar-refractivity contribution in [3.8, 4) is 5.75 Å². The molecular weight excluding hydrogens is 381 g/mol. The van der Waals surface area contributed by atoms with Crippen molar-refractivity contribution < 1.29 is 18.3 Å². The molecule has 0 fully saturated rings. The Kier molecular flexibility index (Phi) is 4.86. The maximum absolute atomic E-state index is 13.5. The minimum Gasteiger partial charge on any atom is -0.497 e. The third-order valence-corrected chi connectivity index (χ3v) is 4.89. The van der Waals surface area contributed by atoms with E-state index in [1.165, 1.54) is 41.0 Å². The zero-order valence-electron chi connectivity index (χ0n) is 14.7. The quantitative estimate of drug-likeness (QED) is 0.362. The number of rotatable bonds is 5. The van der Waals surface area contributed by atoms with Gasteiger partial charge in [0.1, 0.15) is 17.3 Å². The molecule has 0 bridgehead atoms. The van der Waals surface area contributed by atoms with Gasteiger partial charge >= 0.3 is 0 Å². The highest BCUT2D eigenvalue weighted by atomic mass is 32.1. The van der Waals surface area contributed by atoms with Crippen molar-refractivity contribution in [3.05, 3.63) is 78.0 Å². The molecule has 4 aromatic rings. The SMILES string of the molecule is COc1ccc(C(=O)N(/N=C/c2ccco2)c2nc3ccc(F)cc3s2)cc1. The van der Waals surface area contributed by atoms with Crippen molar-refractivity contribution in [2.24, 2.45) is 5.10 Å². The third-order valence-electron chi connectivity index (χ3n) is 3.89. The molecule has 0 saturated heterocycles. The average molecular weight is 395 g/mol. The monoisotopic (exact) mass is 395 g/mol. The molecule has 2 aromatic carbocycles. The number of methoxy groups -OCH3 is 1. The first-order valence-corrected chi connectivity index (χ1v) is 9.08. The summed E-state index contributed by atoms with van der Waals surface area (Å²) in [6.07, 6.45) is 2.94. The number of thiazole rings is 1. The number of carbonyl (C=O) groups excluding carboxylic acids is 1. The molecule has 4 rings (SSSR count). The highest BCUT2D eigenvalue weighted by Gasteiger charge is 2.21. The minimum absolute atomic E-state index is 0.323. The molecular formula is C20H14FN3O3S. The lowest BCUT2D eigenvalue weighted by molar-refractivity contribution is 0.0988. The molecule has 0 aliphatic carbocycles. The van der Waals surface area contributed by atoms with Gasteiger partial charge in [0.15, 0.2) is 0 Å². The predicted octanol–water partition coefficient (Wildman–Crippen LogP) is 4.72. The fourth-order valence-electron chi connectivity index (χ4n) is 2.50. The molecule has 140 valence electrons. The summed E-state index contributed by atoms with van der Waals surface area (Å²) in [5, 5.41) is 5.76. The fourth-order valence-corrected chi connectivity index (χ4v) is 3.45. The van der Waals surface area contributed by atoms with Crippen LogP contribution in [0.2, 0.25) is 0 Å². The van der Waals surface area contributed by atoms with Gasteiger partial charge in [-0.05, 0) is 54.6 Å². The molecule has 28 heavy (non-hydrogen) atoms. The van der Waals surface area contributed by atoms with Gasteiger partial charge in [-0.2, -0.15) is 10.1 Å². The molecule has 0 aliphatic rings. The van der Waals surface area contributed by atoms with Gasteiger partial charge in [-0.15, -0.1) is 0 Å². The number of amides is 1.